The van der Waals surface area contributed by atoms with Crippen LogP contribution in [0.2, 0.25) is 0 Å². The maximum absolute atomic E-state index is 12.4. The quantitative estimate of drug-likeness (QED) is 0.535. The van der Waals surface area contributed by atoms with Gasteiger partial charge in [-0.1, -0.05) is 68.0 Å². The first-order valence-electron chi connectivity index (χ1n) is 10.6. The molecule has 2 N–H and O–H groups in total. The maximum Gasteiger partial charge on any atom is 0.422 e. The van der Waals surface area contributed by atoms with Gasteiger partial charge in [0.1, 0.15) is 0 Å². The van der Waals surface area contributed by atoms with Crippen molar-refractivity contribution in [2.24, 2.45) is 5.41 Å². The number of hydrogen-bond donors (Lipinski definition) is 2. The lowest BCUT2D eigenvalue weighted by Crippen LogP contribution is -2.38. The van der Waals surface area contributed by atoms with Crippen LogP contribution in [0.4, 0.5) is 9.59 Å². The Labute approximate surface area is 211 Å². The van der Waals surface area contributed by atoms with Crippen molar-refractivity contribution in [2.75, 3.05) is 6.61 Å². The van der Waals surface area contributed by atoms with Crippen LogP contribution in [0.15, 0.2) is 58.3 Å². The number of sulfonamides is 2. The van der Waals surface area contributed by atoms with Crippen molar-refractivity contribution in [3.8, 4) is 11.8 Å². The molecule has 0 heterocycles. The summed E-state index contributed by atoms with van der Waals surface area (Å²) in [6.45, 7) is 8.19. The highest BCUT2D eigenvalue weighted by Crippen LogP contribution is 2.22. The highest BCUT2D eigenvalue weighted by molar-refractivity contribution is 7.90. The van der Waals surface area contributed by atoms with Crippen LogP contribution in [0.25, 0.3) is 0 Å². The third-order valence-corrected chi connectivity index (χ3v) is 7.27. The van der Waals surface area contributed by atoms with Gasteiger partial charge in [0.05, 0.1) is 9.79 Å². The molecule has 2 aromatic carbocycles. The number of carbonyl (C=O) groups excluding carboxylic acids is 2. The molecule has 10 nitrogen and oxygen atoms in total. The van der Waals surface area contributed by atoms with Gasteiger partial charge < -0.3 is 9.47 Å². The molecular formula is C24H28N2O8S2. The number of amides is 2. The molecule has 0 aliphatic heterocycles. The topological polar surface area (TPSA) is 145 Å². The summed E-state index contributed by atoms with van der Waals surface area (Å²) in [6, 6.07) is 11.7. The first-order valence-corrected chi connectivity index (χ1v) is 13.6. The lowest BCUT2D eigenvalue weighted by molar-refractivity contribution is 0.0710. The summed E-state index contributed by atoms with van der Waals surface area (Å²) in [5.41, 5.74) is 0.974. The molecule has 0 aliphatic carbocycles. The maximum atomic E-state index is 12.4. The average molecular weight is 537 g/mol. The molecule has 0 radical (unpaired) electrons. The van der Waals surface area contributed by atoms with Gasteiger partial charge in [0, 0.05) is 5.41 Å². The van der Waals surface area contributed by atoms with Crippen LogP contribution in [0.1, 0.15) is 31.9 Å². The Morgan fingerprint density at radius 2 is 1.22 bits per heavy atom. The van der Waals surface area contributed by atoms with Crippen LogP contribution in [0.3, 0.4) is 0 Å². The summed E-state index contributed by atoms with van der Waals surface area (Å²) in [6.07, 6.45) is -3.54. The Morgan fingerprint density at radius 1 is 0.806 bits per heavy atom. The normalized spacial score (nSPS) is 12.5. The van der Waals surface area contributed by atoms with Gasteiger partial charge in [-0.2, -0.15) is 0 Å². The Morgan fingerprint density at radius 3 is 1.64 bits per heavy atom. The predicted octanol–water partition coefficient (Wildman–Crippen LogP) is 3.25. The minimum absolute atomic E-state index is 0.107. The second-order valence-corrected chi connectivity index (χ2v) is 12.3. The minimum atomic E-state index is -4.15. The Hall–Kier alpha value is -3.56. The summed E-state index contributed by atoms with van der Waals surface area (Å²) in [4.78, 5) is 23.9. The van der Waals surface area contributed by atoms with Crippen LogP contribution in [0.5, 0.6) is 0 Å². The van der Waals surface area contributed by atoms with E-state index in [1.165, 1.54) is 24.3 Å². The number of rotatable bonds is 6. The van der Waals surface area contributed by atoms with Gasteiger partial charge in [0.15, 0.2) is 12.7 Å². The molecular weight excluding hydrogens is 508 g/mol. The van der Waals surface area contributed by atoms with E-state index < -0.39 is 50.4 Å². The van der Waals surface area contributed by atoms with E-state index >= 15 is 0 Å². The third-order valence-electron chi connectivity index (χ3n) is 4.62. The Balaban J connectivity index is 1.98. The van der Waals surface area contributed by atoms with E-state index in [1.54, 1.807) is 63.6 Å². The fourth-order valence-corrected chi connectivity index (χ4v) is 4.36. The fraction of sp³-hybridized carbons (Fsp3) is 0.333. The highest BCUT2D eigenvalue weighted by Gasteiger charge is 2.29. The van der Waals surface area contributed by atoms with Crippen LogP contribution in [0, 0.1) is 31.1 Å². The molecule has 2 rings (SSSR count). The summed E-state index contributed by atoms with van der Waals surface area (Å²) < 4.78 is 62.8. The van der Waals surface area contributed by atoms with Gasteiger partial charge in [0.25, 0.3) is 20.0 Å². The lowest BCUT2D eigenvalue weighted by atomic mass is 9.89. The molecule has 2 aromatic rings. The molecule has 0 saturated heterocycles. The van der Waals surface area contributed by atoms with E-state index in [0.29, 0.717) is 0 Å². The minimum Gasteiger partial charge on any atom is -0.436 e. The molecule has 0 spiro atoms. The number of aryl methyl sites for hydroxylation is 2. The van der Waals surface area contributed by atoms with Gasteiger partial charge in [-0.3, -0.25) is 0 Å². The first kappa shape index (κ1) is 28.7. The monoisotopic (exact) mass is 536 g/mol. The molecule has 0 aromatic heterocycles. The fourth-order valence-electron chi connectivity index (χ4n) is 2.59. The predicted molar refractivity (Wildman–Crippen MR) is 132 cm³/mol. The molecule has 0 aliphatic rings. The van der Waals surface area contributed by atoms with Gasteiger partial charge in [0.2, 0.25) is 0 Å². The molecule has 194 valence electrons. The summed E-state index contributed by atoms with van der Waals surface area (Å²) >= 11 is 0. The summed E-state index contributed by atoms with van der Waals surface area (Å²) in [5.74, 6) is 5.08. The van der Waals surface area contributed by atoms with Gasteiger partial charge in [-0.25, -0.2) is 35.9 Å². The van der Waals surface area contributed by atoms with Crippen molar-refractivity contribution in [2.45, 2.75) is 50.5 Å². The van der Waals surface area contributed by atoms with Crippen LogP contribution >= 0.6 is 0 Å². The zero-order chi connectivity index (χ0) is 27.1. The average Bonchev–Trinajstić information content (AvgIpc) is 2.75. The van der Waals surface area contributed by atoms with Crippen molar-refractivity contribution < 1.29 is 35.9 Å². The van der Waals surface area contributed by atoms with E-state index in [9.17, 15) is 26.4 Å². The molecule has 0 bridgehead atoms. The summed E-state index contributed by atoms with van der Waals surface area (Å²) in [5, 5.41) is 0. The molecule has 2 amide bonds. The van der Waals surface area contributed by atoms with Gasteiger partial charge >= 0.3 is 12.2 Å². The van der Waals surface area contributed by atoms with Crippen LogP contribution in [-0.2, 0) is 29.5 Å². The van der Waals surface area contributed by atoms with Crippen molar-refractivity contribution in [1.29, 1.82) is 0 Å². The third kappa shape index (κ3) is 8.58. The van der Waals surface area contributed by atoms with Crippen LogP contribution < -0.4 is 9.44 Å². The number of carbonyl (C=O) groups is 2. The molecule has 12 heteroatoms. The Kier molecular flexibility index (Phi) is 9.12. The first-order chi connectivity index (χ1) is 16.6. The van der Waals surface area contributed by atoms with E-state index in [0.717, 1.165) is 11.1 Å². The number of nitrogens with one attached hydrogen (secondary N) is 2. The molecule has 0 saturated carbocycles. The standard InChI is InChI=1S/C24H28N2O8S2/c1-17-8-12-19(13-9-17)35(29,30)25-22(27)33-16-6-7-21(24(3,4)5)34-23(28)26-36(31,32)20-14-10-18(2)11-15-20/h8-15,21H,16H2,1-5H3,(H,25,27)(H,26,28). The lowest BCUT2D eigenvalue weighted by Gasteiger charge is -2.25. The number of ether oxygens (including phenoxy) is 2. The second kappa shape index (κ2) is 11.5. The van der Waals surface area contributed by atoms with Crippen molar-refractivity contribution in [3.63, 3.8) is 0 Å². The molecule has 0 fully saturated rings. The number of benzene rings is 2. The molecule has 36 heavy (non-hydrogen) atoms. The van der Waals surface area contributed by atoms with Crippen molar-refractivity contribution in [1.82, 2.24) is 9.44 Å². The van der Waals surface area contributed by atoms with E-state index in [1.807, 2.05) is 4.72 Å². The molecule has 1 atom stereocenters. The second-order valence-electron chi connectivity index (χ2n) is 8.89. The molecule has 1 unspecified atom stereocenters. The Bertz CT molecular complexity index is 1360. The van der Waals surface area contributed by atoms with E-state index in [2.05, 4.69) is 11.8 Å². The van der Waals surface area contributed by atoms with E-state index in [4.69, 9.17) is 9.47 Å². The zero-order valence-corrected chi connectivity index (χ0v) is 22.1. The zero-order valence-electron chi connectivity index (χ0n) is 20.5. The van der Waals surface area contributed by atoms with Crippen molar-refractivity contribution in [3.05, 3.63) is 59.7 Å². The van der Waals surface area contributed by atoms with Crippen molar-refractivity contribution >= 4 is 32.2 Å². The summed E-state index contributed by atoms with van der Waals surface area (Å²) in [7, 11) is -8.27. The number of hydrogen-bond acceptors (Lipinski definition) is 8. The highest BCUT2D eigenvalue weighted by atomic mass is 32.2. The van der Waals surface area contributed by atoms with Gasteiger partial charge in [-0.05, 0) is 38.1 Å². The van der Waals surface area contributed by atoms with E-state index in [-0.39, 0.29) is 9.79 Å². The largest absolute Gasteiger partial charge is 0.436 e. The SMILES string of the molecule is Cc1ccc(S(=O)(=O)NC(=O)OCC#CC(OC(=O)NS(=O)(=O)c2ccc(C)cc2)C(C)(C)C)cc1. The van der Waals surface area contributed by atoms with Gasteiger partial charge in [-0.15, -0.1) is 0 Å². The van der Waals surface area contributed by atoms with Crippen LogP contribution in [-0.4, -0.2) is 41.7 Å². The smallest absolute Gasteiger partial charge is 0.422 e.